The molecule has 0 aliphatic heterocycles. The number of rotatable bonds is 6. The molecule has 1 amide bonds. The van der Waals surface area contributed by atoms with Gasteiger partial charge >= 0.3 is 0 Å². The van der Waals surface area contributed by atoms with Crippen LogP contribution in [0.3, 0.4) is 0 Å². The van der Waals surface area contributed by atoms with E-state index in [9.17, 15) is 4.79 Å². The molecule has 0 unspecified atom stereocenters. The Hall–Kier alpha value is -3.64. The van der Waals surface area contributed by atoms with Crippen molar-refractivity contribution in [1.82, 2.24) is 10.1 Å². The molecule has 0 aliphatic carbocycles. The van der Waals surface area contributed by atoms with Gasteiger partial charge in [0, 0.05) is 10.6 Å². The van der Waals surface area contributed by atoms with Crippen molar-refractivity contribution in [2.75, 3.05) is 5.32 Å². The average molecular weight is 406 g/mol. The van der Waals surface area contributed by atoms with Gasteiger partial charge in [-0.05, 0) is 48.5 Å². The van der Waals surface area contributed by atoms with Crippen molar-refractivity contribution in [3.8, 4) is 17.2 Å². The van der Waals surface area contributed by atoms with Crippen LogP contribution in [0.4, 0.5) is 5.69 Å². The number of para-hydroxylation sites is 2. The number of halogens is 1. The lowest BCUT2D eigenvalue weighted by atomic mass is 10.1. The molecule has 6 nitrogen and oxygen atoms in total. The third kappa shape index (κ3) is 4.62. The maximum absolute atomic E-state index is 12.5. The molecule has 7 heteroatoms. The van der Waals surface area contributed by atoms with Gasteiger partial charge in [0.05, 0.1) is 11.3 Å². The summed E-state index contributed by atoms with van der Waals surface area (Å²) in [6.07, 6.45) is 0. The monoisotopic (exact) mass is 405 g/mol. The Balaban J connectivity index is 1.50. The van der Waals surface area contributed by atoms with Crippen LogP contribution in [-0.4, -0.2) is 16.0 Å². The molecule has 29 heavy (non-hydrogen) atoms. The molecule has 1 aromatic heterocycles. The minimum Gasteiger partial charge on any atom is -0.485 e. The molecule has 0 fully saturated rings. The standard InChI is InChI=1S/C22H16ClN3O3/c23-16-12-10-15(11-13-16)21(27)24-19-9-5-4-8-18(19)22-25-20(26-29-22)14-28-17-6-2-1-3-7-17/h1-13H,14H2,(H,24,27). The Morgan fingerprint density at radius 2 is 1.69 bits per heavy atom. The summed E-state index contributed by atoms with van der Waals surface area (Å²) in [6.45, 7) is 0.173. The number of hydrogen-bond acceptors (Lipinski definition) is 5. The lowest BCUT2D eigenvalue weighted by molar-refractivity contribution is 0.102. The van der Waals surface area contributed by atoms with Gasteiger partial charge in [-0.15, -0.1) is 0 Å². The smallest absolute Gasteiger partial charge is 0.260 e. The summed E-state index contributed by atoms with van der Waals surface area (Å²) in [7, 11) is 0. The van der Waals surface area contributed by atoms with Crippen molar-refractivity contribution in [3.05, 3.63) is 95.3 Å². The van der Waals surface area contributed by atoms with Gasteiger partial charge in [0.1, 0.15) is 5.75 Å². The van der Waals surface area contributed by atoms with E-state index >= 15 is 0 Å². The lowest BCUT2D eigenvalue weighted by Crippen LogP contribution is -2.12. The molecule has 1 heterocycles. The zero-order chi connectivity index (χ0) is 20.1. The van der Waals surface area contributed by atoms with Crippen LogP contribution in [0.25, 0.3) is 11.5 Å². The van der Waals surface area contributed by atoms with Gasteiger partial charge in [-0.1, -0.05) is 47.1 Å². The highest BCUT2D eigenvalue weighted by atomic mass is 35.5. The fourth-order valence-electron chi connectivity index (χ4n) is 2.66. The summed E-state index contributed by atoms with van der Waals surface area (Å²) in [5.74, 6) is 1.15. The van der Waals surface area contributed by atoms with Gasteiger partial charge < -0.3 is 14.6 Å². The second kappa shape index (κ2) is 8.58. The molecule has 0 radical (unpaired) electrons. The van der Waals surface area contributed by atoms with Gasteiger partial charge in [-0.3, -0.25) is 4.79 Å². The Morgan fingerprint density at radius 1 is 0.966 bits per heavy atom. The summed E-state index contributed by atoms with van der Waals surface area (Å²) in [5, 5.41) is 7.40. The zero-order valence-corrected chi connectivity index (χ0v) is 16.0. The van der Waals surface area contributed by atoms with Crippen molar-refractivity contribution in [2.24, 2.45) is 0 Å². The number of carbonyl (C=O) groups is 1. The molecule has 1 N–H and O–H groups in total. The highest BCUT2D eigenvalue weighted by Crippen LogP contribution is 2.27. The summed E-state index contributed by atoms with van der Waals surface area (Å²) in [6, 6.07) is 23.2. The van der Waals surface area contributed by atoms with Crippen LogP contribution >= 0.6 is 11.6 Å². The first-order chi connectivity index (χ1) is 14.2. The number of ether oxygens (including phenoxy) is 1. The number of carbonyl (C=O) groups excluding carboxylic acids is 1. The molecule has 0 bridgehead atoms. The fraction of sp³-hybridized carbons (Fsp3) is 0.0455. The molecule has 3 aromatic carbocycles. The van der Waals surface area contributed by atoms with Crippen LogP contribution in [0.1, 0.15) is 16.2 Å². The molecule has 0 saturated heterocycles. The maximum atomic E-state index is 12.5. The Morgan fingerprint density at radius 3 is 2.48 bits per heavy atom. The quantitative estimate of drug-likeness (QED) is 0.475. The predicted octanol–water partition coefficient (Wildman–Crippen LogP) is 5.22. The van der Waals surface area contributed by atoms with E-state index in [0.29, 0.717) is 33.6 Å². The Bertz CT molecular complexity index is 1110. The Labute approximate surface area is 172 Å². The van der Waals surface area contributed by atoms with Crippen LogP contribution in [0.2, 0.25) is 5.02 Å². The summed E-state index contributed by atoms with van der Waals surface area (Å²) in [5.41, 5.74) is 1.67. The van der Waals surface area contributed by atoms with E-state index in [1.807, 2.05) is 42.5 Å². The number of nitrogens with zero attached hydrogens (tertiary/aromatic N) is 2. The van der Waals surface area contributed by atoms with E-state index in [-0.39, 0.29) is 12.5 Å². The molecular weight excluding hydrogens is 390 g/mol. The van der Waals surface area contributed by atoms with Crippen molar-refractivity contribution in [3.63, 3.8) is 0 Å². The zero-order valence-electron chi connectivity index (χ0n) is 15.2. The summed E-state index contributed by atoms with van der Waals surface area (Å²) >= 11 is 5.88. The number of aromatic nitrogens is 2. The maximum Gasteiger partial charge on any atom is 0.260 e. The summed E-state index contributed by atoms with van der Waals surface area (Å²) < 4.78 is 11.0. The highest BCUT2D eigenvalue weighted by molar-refractivity contribution is 6.30. The van der Waals surface area contributed by atoms with Crippen LogP contribution in [0, 0.1) is 0 Å². The number of nitrogens with one attached hydrogen (secondary N) is 1. The van der Waals surface area contributed by atoms with E-state index < -0.39 is 0 Å². The van der Waals surface area contributed by atoms with Crippen LogP contribution in [0.15, 0.2) is 83.4 Å². The van der Waals surface area contributed by atoms with E-state index in [0.717, 1.165) is 5.75 Å². The average Bonchev–Trinajstić information content (AvgIpc) is 3.23. The molecule has 0 spiro atoms. The van der Waals surface area contributed by atoms with Crippen molar-refractivity contribution in [1.29, 1.82) is 0 Å². The third-order valence-electron chi connectivity index (χ3n) is 4.09. The normalized spacial score (nSPS) is 10.5. The van der Waals surface area contributed by atoms with E-state index in [1.54, 1.807) is 36.4 Å². The third-order valence-corrected chi connectivity index (χ3v) is 4.34. The lowest BCUT2D eigenvalue weighted by Gasteiger charge is -2.08. The minimum absolute atomic E-state index is 0.173. The topological polar surface area (TPSA) is 77.2 Å². The van der Waals surface area contributed by atoms with Crippen LogP contribution in [-0.2, 0) is 6.61 Å². The molecule has 144 valence electrons. The van der Waals surface area contributed by atoms with E-state index in [2.05, 4.69) is 15.5 Å². The molecule has 0 saturated carbocycles. The van der Waals surface area contributed by atoms with Crippen molar-refractivity contribution in [2.45, 2.75) is 6.61 Å². The Kier molecular flexibility index (Phi) is 5.54. The van der Waals surface area contributed by atoms with Crippen molar-refractivity contribution >= 4 is 23.2 Å². The minimum atomic E-state index is -0.263. The number of hydrogen-bond donors (Lipinski definition) is 1. The first kappa shape index (κ1) is 18.7. The summed E-state index contributed by atoms with van der Waals surface area (Å²) in [4.78, 5) is 16.9. The molecule has 0 atom stereocenters. The second-order valence-corrected chi connectivity index (χ2v) is 6.56. The van der Waals surface area contributed by atoms with E-state index in [4.69, 9.17) is 20.9 Å². The van der Waals surface area contributed by atoms with Crippen molar-refractivity contribution < 1.29 is 14.1 Å². The second-order valence-electron chi connectivity index (χ2n) is 6.12. The molecule has 0 aliphatic rings. The number of benzene rings is 3. The van der Waals surface area contributed by atoms with Crippen LogP contribution in [0.5, 0.6) is 5.75 Å². The van der Waals surface area contributed by atoms with Crippen LogP contribution < -0.4 is 10.1 Å². The van der Waals surface area contributed by atoms with Gasteiger partial charge in [-0.2, -0.15) is 4.98 Å². The van der Waals surface area contributed by atoms with Gasteiger partial charge in [0.15, 0.2) is 6.61 Å². The van der Waals surface area contributed by atoms with E-state index in [1.165, 1.54) is 0 Å². The highest BCUT2D eigenvalue weighted by Gasteiger charge is 2.15. The molecular formula is C22H16ClN3O3. The molecule has 4 aromatic rings. The number of amides is 1. The van der Waals surface area contributed by atoms with Gasteiger partial charge in [0.2, 0.25) is 5.82 Å². The van der Waals surface area contributed by atoms with Gasteiger partial charge in [-0.25, -0.2) is 0 Å². The SMILES string of the molecule is O=C(Nc1ccccc1-c1nc(COc2ccccc2)no1)c1ccc(Cl)cc1. The molecule has 4 rings (SSSR count). The fourth-order valence-corrected chi connectivity index (χ4v) is 2.79. The predicted molar refractivity (Wildman–Crippen MR) is 110 cm³/mol. The van der Waals surface area contributed by atoms with Gasteiger partial charge in [0.25, 0.3) is 11.8 Å². The number of anilines is 1. The first-order valence-electron chi connectivity index (χ1n) is 8.86. The first-order valence-corrected chi connectivity index (χ1v) is 9.23. The largest absolute Gasteiger partial charge is 0.485 e.